The Labute approximate surface area is 106 Å². The van der Waals surface area contributed by atoms with Crippen LogP contribution in [0.2, 0.25) is 0 Å². The molecule has 6 nitrogen and oxygen atoms in total. The summed E-state index contributed by atoms with van der Waals surface area (Å²) in [5, 5.41) is 24.2. The summed E-state index contributed by atoms with van der Waals surface area (Å²) in [6, 6.07) is 3.88. The average molecular weight is 251 g/mol. The van der Waals surface area contributed by atoms with Crippen molar-refractivity contribution in [2.45, 2.75) is 38.5 Å². The van der Waals surface area contributed by atoms with Gasteiger partial charge in [0.25, 0.3) is 0 Å². The van der Waals surface area contributed by atoms with Crippen molar-refractivity contribution < 1.29 is 14.7 Å². The van der Waals surface area contributed by atoms with E-state index in [0.29, 0.717) is 32.2 Å². The summed E-state index contributed by atoms with van der Waals surface area (Å²) in [5.74, 6) is -0.629. The molecule has 18 heavy (non-hydrogen) atoms. The van der Waals surface area contributed by atoms with Gasteiger partial charge in [0.2, 0.25) is 5.91 Å². The van der Waals surface area contributed by atoms with E-state index < -0.39 is 5.97 Å². The first-order valence-corrected chi connectivity index (χ1v) is 5.85. The standard InChI is InChI=1S/C7H10N2O.C5H7NO2/c8-4-2-6-9-5-1-3-7(9)10;6-4-2-1-3-5(7)8/h1-3,5-6H2;1-3H2,(H,7,8). The second kappa shape index (κ2) is 10.1. The van der Waals surface area contributed by atoms with Crippen LogP contribution in [0, 0.1) is 22.7 Å². The van der Waals surface area contributed by atoms with Crippen molar-refractivity contribution in [3.63, 3.8) is 0 Å². The SMILES string of the molecule is N#CCCCC(=O)O.N#CCCN1CCCC1=O. The van der Waals surface area contributed by atoms with E-state index in [9.17, 15) is 9.59 Å². The van der Waals surface area contributed by atoms with Crippen molar-refractivity contribution in [2.75, 3.05) is 13.1 Å². The lowest BCUT2D eigenvalue weighted by atomic mass is 10.2. The van der Waals surface area contributed by atoms with E-state index in [1.54, 1.807) is 4.90 Å². The molecule has 1 heterocycles. The molecule has 0 aliphatic carbocycles. The molecule has 1 saturated heterocycles. The van der Waals surface area contributed by atoms with Gasteiger partial charge in [-0.3, -0.25) is 9.59 Å². The zero-order chi connectivity index (χ0) is 13.8. The van der Waals surface area contributed by atoms with Crippen LogP contribution in [0.3, 0.4) is 0 Å². The van der Waals surface area contributed by atoms with E-state index >= 15 is 0 Å². The largest absolute Gasteiger partial charge is 0.481 e. The Kier molecular flexibility index (Phi) is 8.93. The number of nitriles is 2. The smallest absolute Gasteiger partial charge is 0.303 e. The van der Waals surface area contributed by atoms with Crippen LogP contribution in [0.25, 0.3) is 0 Å². The minimum absolute atomic E-state index is 0.105. The monoisotopic (exact) mass is 251 g/mol. The average Bonchev–Trinajstić information content (AvgIpc) is 2.73. The number of carbonyl (C=O) groups excluding carboxylic acids is 1. The molecule has 0 atom stereocenters. The summed E-state index contributed by atoms with van der Waals surface area (Å²) in [4.78, 5) is 22.4. The topological polar surface area (TPSA) is 105 Å². The highest BCUT2D eigenvalue weighted by molar-refractivity contribution is 5.78. The predicted octanol–water partition coefficient (Wildman–Crippen LogP) is 1.29. The van der Waals surface area contributed by atoms with Gasteiger partial charge in [-0.2, -0.15) is 10.5 Å². The number of hydrogen-bond acceptors (Lipinski definition) is 4. The van der Waals surface area contributed by atoms with E-state index in [-0.39, 0.29) is 12.3 Å². The van der Waals surface area contributed by atoms with Gasteiger partial charge in [0.15, 0.2) is 0 Å². The van der Waals surface area contributed by atoms with Crippen LogP contribution >= 0.6 is 0 Å². The van der Waals surface area contributed by atoms with E-state index in [1.165, 1.54) is 0 Å². The number of amides is 1. The Balaban J connectivity index is 0.000000331. The first kappa shape index (κ1) is 15.9. The highest BCUT2D eigenvalue weighted by Crippen LogP contribution is 2.08. The van der Waals surface area contributed by atoms with Crippen LogP contribution in [0.5, 0.6) is 0 Å². The molecule has 1 fully saturated rings. The van der Waals surface area contributed by atoms with Gasteiger partial charge < -0.3 is 10.0 Å². The Morgan fingerprint density at radius 3 is 2.44 bits per heavy atom. The van der Waals surface area contributed by atoms with Crippen molar-refractivity contribution in [3.05, 3.63) is 0 Å². The van der Waals surface area contributed by atoms with Crippen LogP contribution in [0.15, 0.2) is 0 Å². The number of carboxylic acid groups (broad SMARTS) is 1. The first-order chi connectivity index (χ1) is 8.61. The van der Waals surface area contributed by atoms with Gasteiger partial charge in [-0.05, 0) is 12.8 Å². The van der Waals surface area contributed by atoms with Crippen molar-refractivity contribution in [1.29, 1.82) is 10.5 Å². The number of rotatable bonds is 5. The van der Waals surface area contributed by atoms with Crippen molar-refractivity contribution >= 4 is 11.9 Å². The highest BCUT2D eigenvalue weighted by atomic mass is 16.4. The van der Waals surface area contributed by atoms with Crippen molar-refractivity contribution in [1.82, 2.24) is 4.90 Å². The molecular formula is C12H17N3O3. The molecule has 0 spiro atoms. The van der Waals surface area contributed by atoms with E-state index in [1.807, 2.05) is 12.1 Å². The van der Waals surface area contributed by atoms with Crippen LogP contribution in [0.1, 0.15) is 38.5 Å². The third-order valence-corrected chi connectivity index (χ3v) is 2.34. The molecule has 0 aromatic rings. The molecule has 1 N–H and O–H groups in total. The third kappa shape index (κ3) is 8.12. The lowest BCUT2D eigenvalue weighted by Crippen LogP contribution is -2.25. The van der Waals surface area contributed by atoms with E-state index in [4.69, 9.17) is 15.6 Å². The fraction of sp³-hybridized carbons (Fsp3) is 0.667. The number of unbranched alkanes of at least 4 members (excludes halogenated alkanes) is 1. The van der Waals surface area contributed by atoms with Crippen LogP contribution in [-0.2, 0) is 9.59 Å². The Hall–Kier alpha value is -2.08. The summed E-state index contributed by atoms with van der Waals surface area (Å²) in [6.45, 7) is 1.47. The van der Waals surface area contributed by atoms with Gasteiger partial charge in [0, 0.05) is 32.4 Å². The molecule has 1 aliphatic rings. The minimum Gasteiger partial charge on any atom is -0.481 e. The van der Waals surface area contributed by atoms with Crippen molar-refractivity contribution in [3.8, 4) is 12.1 Å². The summed E-state index contributed by atoms with van der Waals surface area (Å²) >= 11 is 0. The summed E-state index contributed by atoms with van der Waals surface area (Å²) < 4.78 is 0. The number of nitrogens with zero attached hydrogens (tertiary/aromatic N) is 3. The predicted molar refractivity (Wildman–Crippen MR) is 63.1 cm³/mol. The van der Waals surface area contributed by atoms with Gasteiger partial charge in [-0.15, -0.1) is 0 Å². The molecule has 1 rings (SSSR count). The molecule has 0 unspecified atom stereocenters. The van der Waals surface area contributed by atoms with Gasteiger partial charge in [-0.25, -0.2) is 0 Å². The highest BCUT2D eigenvalue weighted by Gasteiger charge is 2.18. The molecule has 0 bridgehead atoms. The van der Waals surface area contributed by atoms with Gasteiger partial charge in [-0.1, -0.05) is 0 Å². The molecule has 1 aliphatic heterocycles. The summed E-state index contributed by atoms with van der Waals surface area (Å²) in [5.41, 5.74) is 0. The number of carbonyl (C=O) groups is 2. The minimum atomic E-state index is -0.833. The molecule has 1 amide bonds. The second-order valence-electron chi connectivity index (χ2n) is 3.80. The number of carboxylic acids is 1. The molecule has 0 aromatic heterocycles. The lowest BCUT2D eigenvalue weighted by molar-refractivity contribution is -0.137. The Morgan fingerprint density at radius 2 is 2.00 bits per heavy atom. The maximum absolute atomic E-state index is 10.9. The maximum atomic E-state index is 10.9. The van der Waals surface area contributed by atoms with E-state index in [0.717, 1.165) is 13.0 Å². The molecule has 0 saturated carbocycles. The second-order valence-corrected chi connectivity index (χ2v) is 3.80. The number of likely N-dealkylation sites (tertiary alicyclic amines) is 1. The molecule has 98 valence electrons. The van der Waals surface area contributed by atoms with Gasteiger partial charge in [0.1, 0.15) is 0 Å². The normalized spacial score (nSPS) is 13.2. The van der Waals surface area contributed by atoms with Gasteiger partial charge >= 0.3 is 5.97 Å². The Bertz CT molecular complexity index is 355. The Morgan fingerprint density at radius 1 is 1.33 bits per heavy atom. The van der Waals surface area contributed by atoms with Crippen LogP contribution in [0.4, 0.5) is 0 Å². The van der Waals surface area contributed by atoms with Crippen LogP contribution in [-0.4, -0.2) is 35.0 Å². The molecule has 0 radical (unpaired) electrons. The molecule has 6 heteroatoms. The van der Waals surface area contributed by atoms with E-state index in [2.05, 4.69) is 0 Å². The number of aliphatic carboxylic acids is 1. The number of hydrogen-bond donors (Lipinski definition) is 1. The quantitative estimate of drug-likeness (QED) is 0.741. The zero-order valence-corrected chi connectivity index (χ0v) is 10.3. The van der Waals surface area contributed by atoms with Crippen LogP contribution < -0.4 is 0 Å². The van der Waals surface area contributed by atoms with Gasteiger partial charge in [0.05, 0.1) is 18.6 Å². The fourth-order valence-electron chi connectivity index (χ4n) is 1.44. The molecular weight excluding hydrogens is 234 g/mol. The summed E-state index contributed by atoms with van der Waals surface area (Å²) in [7, 11) is 0. The molecule has 0 aromatic carbocycles. The first-order valence-electron chi connectivity index (χ1n) is 5.85. The fourth-order valence-corrected chi connectivity index (χ4v) is 1.44. The lowest BCUT2D eigenvalue weighted by Gasteiger charge is -2.11. The summed E-state index contributed by atoms with van der Waals surface area (Å²) in [6.07, 6.45) is 3.01. The third-order valence-electron chi connectivity index (χ3n) is 2.34. The maximum Gasteiger partial charge on any atom is 0.303 e. The van der Waals surface area contributed by atoms with Crippen molar-refractivity contribution in [2.24, 2.45) is 0 Å². The zero-order valence-electron chi connectivity index (χ0n) is 10.3.